The Hall–Kier alpha value is -2.43. The largest absolute Gasteiger partial charge is 0.292 e. The minimum atomic E-state index is -0.247. The molecule has 0 bridgehead atoms. The second-order valence-corrected chi connectivity index (χ2v) is 8.34. The SMILES string of the molecule is CC(=NNC(=O)c1n[nH]c2c1CC(C(C)(C)C)CC2)c1ccc(C)cc1. The first kappa shape index (κ1) is 18.4. The number of carbonyl (C=O) groups excluding carboxylic acids is 1. The molecular weight excluding hydrogens is 324 g/mol. The number of H-pyrrole nitrogens is 1. The maximum Gasteiger partial charge on any atom is 0.292 e. The highest BCUT2D eigenvalue weighted by Gasteiger charge is 2.32. The van der Waals surface area contributed by atoms with Gasteiger partial charge in [0.15, 0.2) is 5.69 Å². The summed E-state index contributed by atoms with van der Waals surface area (Å²) in [5.41, 5.74) is 8.48. The number of aryl methyl sites for hydroxylation is 2. The molecule has 0 saturated heterocycles. The third kappa shape index (κ3) is 3.87. The molecule has 2 N–H and O–H groups in total. The molecule has 138 valence electrons. The fourth-order valence-corrected chi connectivity index (χ4v) is 3.47. The van der Waals surface area contributed by atoms with Crippen LogP contribution >= 0.6 is 0 Å². The molecule has 1 amide bonds. The van der Waals surface area contributed by atoms with Crippen LogP contribution in [0, 0.1) is 18.3 Å². The smallest absolute Gasteiger partial charge is 0.281 e. The van der Waals surface area contributed by atoms with Crippen molar-refractivity contribution in [2.45, 2.75) is 53.9 Å². The quantitative estimate of drug-likeness (QED) is 0.647. The highest BCUT2D eigenvalue weighted by molar-refractivity contribution is 6.00. The van der Waals surface area contributed by atoms with Crippen molar-refractivity contribution in [1.82, 2.24) is 15.6 Å². The first-order chi connectivity index (χ1) is 12.3. The van der Waals surface area contributed by atoms with E-state index < -0.39 is 0 Å². The Morgan fingerprint density at radius 3 is 2.62 bits per heavy atom. The van der Waals surface area contributed by atoms with E-state index in [1.165, 1.54) is 5.56 Å². The summed E-state index contributed by atoms with van der Waals surface area (Å²) < 4.78 is 0. The lowest BCUT2D eigenvalue weighted by molar-refractivity contribution is 0.0947. The highest BCUT2D eigenvalue weighted by atomic mass is 16.2. The van der Waals surface area contributed by atoms with E-state index in [2.05, 4.69) is 41.5 Å². The monoisotopic (exact) mass is 352 g/mol. The maximum absolute atomic E-state index is 12.6. The number of hydrogen-bond acceptors (Lipinski definition) is 3. The van der Waals surface area contributed by atoms with Gasteiger partial charge in [0.25, 0.3) is 5.91 Å². The molecule has 5 nitrogen and oxygen atoms in total. The molecular formula is C21H28N4O. The topological polar surface area (TPSA) is 70.1 Å². The lowest BCUT2D eigenvalue weighted by Gasteiger charge is -2.33. The number of hydrazone groups is 1. The van der Waals surface area contributed by atoms with Crippen molar-refractivity contribution in [3.05, 3.63) is 52.3 Å². The molecule has 1 heterocycles. The van der Waals surface area contributed by atoms with E-state index >= 15 is 0 Å². The molecule has 1 aromatic carbocycles. The van der Waals surface area contributed by atoms with E-state index in [4.69, 9.17) is 0 Å². The van der Waals surface area contributed by atoms with Crippen LogP contribution in [0.4, 0.5) is 0 Å². The average molecular weight is 352 g/mol. The van der Waals surface area contributed by atoms with Gasteiger partial charge in [0, 0.05) is 11.3 Å². The Kier molecular flexibility index (Phi) is 4.99. The van der Waals surface area contributed by atoms with Crippen LogP contribution in [0.1, 0.15) is 67.0 Å². The number of aromatic nitrogens is 2. The van der Waals surface area contributed by atoms with Crippen molar-refractivity contribution in [2.24, 2.45) is 16.4 Å². The summed E-state index contributed by atoms with van der Waals surface area (Å²) in [5, 5.41) is 11.6. The van der Waals surface area contributed by atoms with Crippen molar-refractivity contribution in [1.29, 1.82) is 0 Å². The van der Waals surface area contributed by atoms with Gasteiger partial charge in [-0.2, -0.15) is 10.2 Å². The molecule has 0 saturated carbocycles. The van der Waals surface area contributed by atoms with Gasteiger partial charge in [-0.1, -0.05) is 50.6 Å². The van der Waals surface area contributed by atoms with Gasteiger partial charge in [-0.3, -0.25) is 9.89 Å². The van der Waals surface area contributed by atoms with E-state index in [-0.39, 0.29) is 11.3 Å². The van der Waals surface area contributed by atoms with E-state index in [0.717, 1.165) is 41.8 Å². The summed E-state index contributed by atoms with van der Waals surface area (Å²) in [6, 6.07) is 8.08. The predicted molar refractivity (Wildman–Crippen MR) is 104 cm³/mol. The van der Waals surface area contributed by atoms with Gasteiger partial charge in [-0.25, -0.2) is 5.43 Å². The third-order valence-electron chi connectivity index (χ3n) is 5.38. The summed E-state index contributed by atoms with van der Waals surface area (Å²) in [5.74, 6) is 0.306. The summed E-state index contributed by atoms with van der Waals surface area (Å²) in [7, 11) is 0. The summed E-state index contributed by atoms with van der Waals surface area (Å²) in [6.07, 6.45) is 2.96. The molecule has 0 fully saturated rings. The zero-order valence-electron chi connectivity index (χ0n) is 16.3. The van der Waals surface area contributed by atoms with Crippen LogP contribution in [0.2, 0.25) is 0 Å². The van der Waals surface area contributed by atoms with E-state index in [1.54, 1.807) is 0 Å². The van der Waals surface area contributed by atoms with Gasteiger partial charge in [0.05, 0.1) is 5.71 Å². The fraction of sp³-hybridized carbons (Fsp3) is 0.476. The molecule has 3 rings (SSSR count). The first-order valence-corrected chi connectivity index (χ1v) is 9.23. The normalized spacial score (nSPS) is 17.7. The Morgan fingerprint density at radius 2 is 1.96 bits per heavy atom. The molecule has 5 heteroatoms. The predicted octanol–water partition coefficient (Wildman–Crippen LogP) is 4.02. The van der Waals surface area contributed by atoms with Crippen LogP contribution in [0.15, 0.2) is 29.4 Å². The second kappa shape index (κ2) is 7.06. The van der Waals surface area contributed by atoms with E-state index in [1.807, 2.05) is 38.1 Å². The summed E-state index contributed by atoms with van der Waals surface area (Å²) in [6.45, 7) is 10.7. The molecule has 0 radical (unpaired) electrons. The van der Waals surface area contributed by atoms with Crippen molar-refractivity contribution in [3.63, 3.8) is 0 Å². The lowest BCUT2D eigenvalue weighted by Crippen LogP contribution is -2.28. The highest BCUT2D eigenvalue weighted by Crippen LogP contribution is 2.37. The second-order valence-electron chi connectivity index (χ2n) is 8.34. The molecule has 1 aliphatic rings. The number of amides is 1. The van der Waals surface area contributed by atoms with Gasteiger partial charge in [-0.05, 0) is 50.0 Å². The standard InChI is InChI=1S/C21H28N4O/c1-13-6-8-15(9-7-13)14(2)22-25-20(26)19-17-12-16(21(3,4)5)10-11-18(17)23-24-19/h6-9,16H,10-12H2,1-5H3,(H,23,24)(H,25,26). The minimum Gasteiger partial charge on any atom is -0.281 e. The molecule has 1 aromatic heterocycles. The zero-order valence-corrected chi connectivity index (χ0v) is 16.3. The number of rotatable bonds is 3. The molecule has 1 unspecified atom stereocenters. The Balaban J connectivity index is 1.74. The Bertz CT molecular complexity index is 825. The van der Waals surface area contributed by atoms with Crippen molar-refractivity contribution in [3.8, 4) is 0 Å². The number of benzene rings is 1. The van der Waals surface area contributed by atoms with Crippen molar-refractivity contribution < 1.29 is 4.79 Å². The van der Waals surface area contributed by atoms with Gasteiger partial charge in [0.1, 0.15) is 0 Å². The number of aromatic amines is 1. The minimum absolute atomic E-state index is 0.225. The number of fused-ring (bicyclic) bond motifs is 1. The van der Waals surface area contributed by atoms with Gasteiger partial charge in [-0.15, -0.1) is 0 Å². The molecule has 26 heavy (non-hydrogen) atoms. The molecule has 0 spiro atoms. The molecule has 1 atom stereocenters. The lowest BCUT2D eigenvalue weighted by atomic mass is 9.71. The number of nitrogens with one attached hydrogen (secondary N) is 2. The molecule has 1 aliphatic carbocycles. The maximum atomic E-state index is 12.6. The van der Waals surface area contributed by atoms with Crippen LogP contribution in [0.25, 0.3) is 0 Å². The fourth-order valence-electron chi connectivity index (χ4n) is 3.47. The third-order valence-corrected chi connectivity index (χ3v) is 5.38. The average Bonchev–Trinajstić information content (AvgIpc) is 3.02. The molecule has 0 aliphatic heterocycles. The molecule has 2 aromatic rings. The number of carbonyl (C=O) groups is 1. The zero-order chi connectivity index (χ0) is 18.9. The summed E-state index contributed by atoms with van der Waals surface area (Å²) >= 11 is 0. The van der Waals surface area contributed by atoms with Crippen LogP contribution in [-0.2, 0) is 12.8 Å². The number of hydrogen-bond donors (Lipinski definition) is 2. The Morgan fingerprint density at radius 1 is 1.27 bits per heavy atom. The van der Waals surface area contributed by atoms with Gasteiger partial charge >= 0.3 is 0 Å². The number of nitrogens with zero attached hydrogens (tertiary/aromatic N) is 2. The first-order valence-electron chi connectivity index (χ1n) is 9.23. The summed E-state index contributed by atoms with van der Waals surface area (Å²) in [4.78, 5) is 12.6. The van der Waals surface area contributed by atoms with Crippen LogP contribution < -0.4 is 5.43 Å². The van der Waals surface area contributed by atoms with E-state index in [9.17, 15) is 4.79 Å². The van der Waals surface area contributed by atoms with Crippen molar-refractivity contribution >= 4 is 11.6 Å². The van der Waals surface area contributed by atoms with Crippen LogP contribution in [0.5, 0.6) is 0 Å². The van der Waals surface area contributed by atoms with Crippen LogP contribution in [0.3, 0.4) is 0 Å². The van der Waals surface area contributed by atoms with Gasteiger partial charge in [0.2, 0.25) is 0 Å². The Labute approximate surface area is 155 Å². The van der Waals surface area contributed by atoms with Crippen molar-refractivity contribution in [2.75, 3.05) is 0 Å². The van der Waals surface area contributed by atoms with E-state index in [0.29, 0.717) is 11.6 Å². The van der Waals surface area contributed by atoms with Crippen LogP contribution in [-0.4, -0.2) is 21.8 Å². The van der Waals surface area contributed by atoms with Gasteiger partial charge < -0.3 is 0 Å².